The molecule has 0 bridgehead atoms. The SMILES string of the molecule is Clc1cccc2c1oc1ccc3ccc(-c4nc(-c5ccc6ccccc6c5)nc(-c5cccc6c5oc5ccccc56)n4)cc3c12. The molecule has 3 heterocycles. The van der Waals surface area contributed by atoms with Gasteiger partial charge in [-0.2, -0.15) is 0 Å². The maximum Gasteiger partial charge on any atom is 0.167 e. The molecule has 6 heteroatoms. The van der Waals surface area contributed by atoms with Crippen LogP contribution in [-0.4, -0.2) is 15.0 Å². The summed E-state index contributed by atoms with van der Waals surface area (Å²) in [5.41, 5.74) is 5.61. The van der Waals surface area contributed by atoms with Gasteiger partial charge in [0.2, 0.25) is 0 Å². The van der Waals surface area contributed by atoms with Crippen molar-refractivity contribution in [3.05, 3.63) is 138 Å². The molecule has 0 saturated carbocycles. The molecule has 10 rings (SSSR count). The average Bonchev–Trinajstić information content (AvgIpc) is 3.71. The van der Waals surface area contributed by atoms with Crippen molar-refractivity contribution in [2.24, 2.45) is 0 Å². The fourth-order valence-electron chi connectivity index (χ4n) is 6.73. The zero-order valence-electron chi connectivity index (χ0n) is 24.7. The number of hydrogen-bond donors (Lipinski definition) is 0. The van der Waals surface area contributed by atoms with Crippen molar-refractivity contribution in [3.8, 4) is 34.2 Å². The second kappa shape index (κ2) is 9.98. The topological polar surface area (TPSA) is 65.0 Å². The summed E-state index contributed by atoms with van der Waals surface area (Å²) in [6.45, 7) is 0. The third-order valence-corrected chi connectivity index (χ3v) is 9.28. The lowest BCUT2D eigenvalue weighted by Crippen LogP contribution is -2.00. The summed E-state index contributed by atoms with van der Waals surface area (Å²) in [7, 11) is 0. The molecule has 0 unspecified atom stereocenters. The van der Waals surface area contributed by atoms with Gasteiger partial charge in [-0.15, -0.1) is 0 Å². The molecule has 0 radical (unpaired) electrons. The second-order valence-electron chi connectivity index (χ2n) is 11.7. The van der Waals surface area contributed by atoms with E-state index in [-0.39, 0.29) is 0 Å². The van der Waals surface area contributed by atoms with Crippen LogP contribution in [0.5, 0.6) is 0 Å². The van der Waals surface area contributed by atoms with Crippen LogP contribution in [0.4, 0.5) is 0 Å². The van der Waals surface area contributed by atoms with E-state index in [9.17, 15) is 0 Å². The number of aromatic nitrogens is 3. The maximum atomic E-state index is 6.53. The molecule has 47 heavy (non-hydrogen) atoms. The van der Waals surface area contributed by atoms with Crippen LogP contribution in [-0.2, 0) is 0 Å². The van der Waals surface area contributed by atoms with E-state index in [0.29, 0.717) is 28.1 Å². The molecule has 10 aromatic rings. The van der Waals surface area contributed by atoms with E-state index in [2.05, 4.69) is 66.7 Å². The quantitative estimate of drug-likeness (QED) is 0.196. The first kappa shape index (κ1) is 26.2. The lowest BCUT2D eigenvalue weighted by Gasteiger charge is -2.10. The van der Waals surface area contributed by atoms with Gasteiger partial charge in [0.15, 0.2) is 23.1 Å². The summed E-state index contributed by atoms with van der Waals surface area (Å²) in [6, 6.07) is 45.0. The molecule has 0 aliphatic heterocycles. The maximum absolute atomic E-state index is 6.53. The van der Waals surface area contributed by atoms with Gasteiger partial charge < -0.3 is 8.83 Å². The number of hydrogen-bond acceptors (Lipinski definition) is 5. The van der Waals surface area contributed by atoms with Gasteiger partial charge in [-0.05, 0) is 57.9 Å². The lowest BCUT2D eigenvalue weighted by atomic mass is 10.0. The predicted octanol–water partition coefficient (Wildman–Crippen LogP) is 11.6. The number of halogens is 1. The Morgan fingerprint density at radius 3 is 1.98 bits per heavy atom. The average molecular weight is 624 g/mol. The fourth-order valence-corrected chi connectivity index (χ4v) is 6.94. The third-order valence-electron chi connectivity index (χ3n) is 8.98. The summed E-state index contributed by atoms with van der Waals surface area (Å²) >= 11 is 6.53. The molecular weight excluding hydrogens is 602 g/mol. The smallest absolute Gasteiger partial charge is 0.167 e. The van der Waals surface area contributed by atoms with Crippen LogP contribution >= 0.6 is 11.6 Å². The summed E-state index contributed by atoms with van der Waals surface area (Å²) in [5, 5.41) is 9.04. The highest BCUT2D eigenvalue weighted by molar-refractivity contribution is 6.36. The van der Waals surface area contributed by atoms with Crippen molar-refractivity contribution in [3.63, 3.8) is 0 Å². The minimum atomic E-state index is 0.543. The minimum absolute atomic E-state index is 0.543. The highest BCUT2D eigenvalue weighted by Gasteiger charge is 2.19. The number of rotatable bonds is 3. The molecule has 0 N–H and O–H groups in total. The monoisotopic (exact) mass is 623 g/mol. The molecular formula is C41H22ClN3O2. The molecule has 7 aromatic carbocycles. The summed E-state index contributed by atoms with van der Waals surface area (Å²) in [4.78, 5) is 15.3. The molecule has 0 amide bonds. The molecule has 0 aliphatic carbocycles. The van der Waals surface area contributed by atoms with Crippen molar-refractivity contribution in [2.75, 3.05) is 0 Å². The molecule has 220 valence electrons. The Morgan fingerprint density at radius 1 is 0.426 bits per heavy atom. The first-order chi connectivity index (χ1) is 23.2. The molecule has 5 nitrogen and oxygen atoms in total. The number of fused-ring (bicyclic) bond motifs is 9. The van der Waals surface area contributed by atoms with Crippen LogP contribution in [0, 0.1) is 0 Å². The fraction of sp³-hybridized carbons (Fsp3) is 0. The Labute approximate surface area is 272 Å². The second-order valence-corrected chi connectivity index (χ2v) is 12.1. The van der Waals surface area contributed by atoms with Crippen LogP contribution in [0.3, 0.4) is 0 Å². The Hall–Kier alpha value is -6.04. The first-order valence-corrected chi connectivity index (χ1v) is 15.8. The van der Waals surface area contributed by atoms with Crippen molar-refractivity contribution < 1.29 is 8.83 Å². The van der Waals surface area contributed by atoms with Gasteiger partial charge in [-0.1, -0.05) is 109 Å². The van der Waals surface area contributed by atoms with E-state index in [1.807, 2.05) is 66.7 Å². The normalized spacial score (nSPS) is 11.9. The van der Waals surface area contributed by atoms with E-state index in [0.717, 1.165) is 76.5 Å². The summed E-state index contributed by atoms with van der Waals surface area (Å²) < 4.78 is 12.6. The van der Waals surface area contributed by atoms with Crippen molar-refractivity contribution in [1.82, 2.24) is 15.0 Å². The molecule has 0 atom stereocenters. The van der Waals surface area contributed by atoms with Gasteiger partial charge in [-0.3, -0.25) is 0 Å². The number of benzene rings is 7. The number of nitrogens with zero attached hydrogens (tertiary/aromatic N) is 3. The molecule has 3 aromatic heterocycles. The van der Waals surface area contributed by atoms with Crippen molar-refractivity contribution in [1.29, 1.82) is 0 Å². The first-order valence-electron chi connectivity index (χ1n) is 15.4. The zero-order chi connectivity index (χ0) is 31.1. The van der Waals surface area contributed by atoms with Gasteiger partial charge in [0, 0.05) is 32.7 Å². The Bertz CT molecular complexity index is 2890. The van der Waals surface area contributed by atoms with Crippen molar-refractivity contribution >= 4 is 77.0 Å². The van der Waals surface area contributed by atoms with Gasteiger partial charge >= 0.3 is 0 Å². The summed E-state index contributed by atoms with van der Waals surface area (Å²) in [6.07, 6.45) is 0. The highest BCUT2D eigenvalue weighted by Crippen LogP contribution is 2.40. The third kappa shape index (κ3) is 4.07. The predicted molar refractivity (Wildman–Crippen MR) is 191 cm³/mol. The van der Waals surface area contributed by atoms with Crippen LogP contribution in [0.1, 0.15) is 0 Å². The minimum Gasteiger partial charge on any atom is -0.455 e. The van der Waals surface area contributed by atoms with E-state index in [1.54, 1.807) is 0 Å². The zero-order valence-corrected chi connectivity index (χ0v) is 25.5. The summed E-state index contributed by atoms with van der Waals surface area (Å²) in [5.74, 6) is 1.69. The van der Waals surface area contributed by atoms with E-state index in [1.165, 1.54) is 0 Å². The van der Waals surface area contributed by atoms with Gasteiger partial charge in [0.05, 0.1) is 10.6 Å². The van der Waals surface area contributed by atoms with Crippen LogP contribution in [0.25, 0.3) is 99.6 Å². The van der Waals surface area contributed by atoms with Crippen LogP contribution in [0.15, 0.2) is 142 Å². The van der Waals surface area contributed by atoms with Gasteiger partial charge in [0.25, 0.3) is 0 Å². The van der Waals surface area contributed by atoms with E-state index < -0.39 is 0 Å². The standard InChI is InChI=1S/C41H22ClN3O2/c42-33-13-6-11-30-36-32-22-27(18-16-24(32)19-20-35(36)47-38(30)33)40-43-39(26-17-15-23-7-1-2-8-25(23)21-26)44-41(45-40)31-12-5-10-29-28-9-3-4-14-34(28)46-37(29)31/h1-22H. The van der Waals surface area contributed by atoms with Gasteiger partial charge in [-0.25, -0.2) is 15.0 Å². The Morgan fingerprint density at radius 2 is 1.09 bits per heavy atom. The molecule has 0 aliphatic rings. The molecule has 0 fully saturated rings. The van der Waals surface area contributed by atoms with Crippen LogP contribution < -0.4 is 0 Å². The molecule has 0 spiro atoms. The largest absolute Gasteiger partial charge is 0.455 e. The Balaban J connectivity index is 1.24. The van der Waals surface area contributed by atoms with Crippen LogP contribution in [0.2, 0.25) is 5.02 Å². The highest BCUT2D eigenvalue weighted by atomic mass is 35.5. The van der Waals surface area contributed by atoms with E-state index in [4.69, 9.17) is 35.4 Å². The number of furan rings is 2. The van der Waals surface area contributed by atoms with Crippen molar-refractivity contribution in [2.45, 2.75) is 0 Å². The van der Waals surface area contributed by atoms with Gasteiger partial charge in [0.1, 0.15) is 16.7 Å². The molecule has 0 saturated heterocycles. The number of para-hydroxylation sites is 3. The lowest BCUT2D eigenvalue weighted by molar-refractivity contribution is 0.669. The Kier molecular flexibility index (Phi) is 5.56. The van der Waals surface area contributed by atoms with E-state index >= 15 is 0 Å².